The topological polar surface area (TPSA) is 60.2 Å². The van der Waals surface area contributed by atoms with Crippen molar-refractivity contribution < 1.29 is 9.59 Å². The van der Waals surface area contributed by atoms with Crippen LogP contribution in [0.25, 0.3) is 0 Å². The Labute approximate surface area is 147 Å². The van der Waals surface area contributed by atoms with Crippen molar-refractivity contribution in [3.63, 3.8) is 0 Å². The molecule has 3 nitrogen and oxygen atoms in total. The van der Waals surface area contributed by atoms with Gasteiger partial charge in [-0.2, -0.15) is 0 Å². The Morgan fingerprint density at radius 3 is 1.79 bits per heavy atom. The molecule has 0 radical (unpaired) electrons. The largest absolute Gasteiger partial charge is 0.369 e. The van der Waals surface area contributed by atoms with E-state index in [1.165, 1.54) is 5.56 Å². The van der Waals surface area contributed by atoms with Crippen LogP contribution in [-0.4, -0.2) is 11.7 Å². The van der Waals surface area contributed by atoms with Gasteiger partial charge in [0.1, 0.15) is 5.78 Å². The summed E-state index contributed by atoms with van der Waals surface area (Å²) in [5.41, 5.74) is 6.60. The predicted octanol–water partition coefficient (Wildman–Crippen LogP) is 4.56. The first kappa shape index (κ1) is 20.4. The fourth-order valence-corrected chi connectivity index (χ4v) is 3.84. The second kappa shape index (κ2) is 7.50. The van der Waals surface area contributed by atoms with E-state index in [9.17, 15) is 9.59 Å². The van der Waals surface area contributed by atoms with Crippen molar-refractivity contribution in [2.24, 2.45) is 28.4 Å². The summed E-state index contributed by atoms with van der Waals surface area (Å²) in [4.78, 5) is 24.6. The molecule has 0 saturated heterocycles. The van der Waals surface area contributed by atoms with E-state index in [1.54, 1.807) is 6.92 Å². The first-order valence-corrected chi connectivity index (χ1v) is 8.70. The van der Waals surface area contributed by atoms with E-state index in [2.05, 4.69) is 32.9 Å². The van der Waals surface area contributed by atoms with Gasteiger partial charge in [-0.3, -0.25) is 9.59 Å². The van der Waals surface area contributed by atoms with Crippen LogP contribution in [0.4, 0.5) is 0 Å². The van der Waals surface area contributed by atoms with E-state index < -0.39 is 5.92 Å². The van der Waals surface area contributed by atoms with Gasteiger partial charge in [0.05, 0.1) is 0 Å². The normalized spacial score (nSPS) is 16.3. The minimum atomic E-state index is -0.466. The lowest BCUT2D eigenvalue weighted by Crippen LogP contribution is -2.42. The number of ketones is 1. The summed E-state index contributed by atoms with van der Waals surface area (Å²) in [5.74, 6) is -1.03. The molecule has 0 saturated carbocycles. The average molecular weight is 332 g/mol. The van der Waals surface area contributed by atoms with Crippen molar-refractivity contribution in [3.8, 4) is 0 Å². The fraction of sp³-hybridized carbons (Fsp3) is 0.619. The molecule has 3 heteroatoms. The van der Waals surface area contributed by atoms with Crippen LogP contribution in [0, 0.1) is 22.7 Å². The summed E-state index contributed by atoms with van der Waals surface area (Å²) < 4.78 is 0. The Bertz CT molecular complexity index is 564. The highest BCUT2D eigenvalue weighted by Gasteiger charge is 2.41. The maximum Gasteiger partial charge on any atom is 0.221 e. The standard InChI is InChI=1S/C21H33NO2/c1-14(23)18(21(5,6)7)16(19(22)24)13-17(20(2,3)4)15-11-9-8-10-12-15/h8-12,16-18H,13H2,1-7H3,(H2,22,24). The summed E-state index contributed by atoms with van der Waals surface area (Å²) >= 11 is 0. The first-order chi connectivity index (χ1) is 10.9. The fourth-order valence-electron chi connectivity index (χ4n) is 3.84. The van der Waals surface area contributed by atoms with E-state index >= 15 is 0 Å². The lowest BCUT2D eigenvalue weighted by molar-refractivity contribution is -0.135. The number of benzene rings is 1. The van der Waals surface area contributed by atoms with Crippen LogP contribution in [-0.2, 0) is 9.59 Å². The maximum atomic E-state index is 12.3. The van der Waals surface area contributed by atoms with Crippen LogP contribution in [0.2, 0.25) is 0 Å². The molecule has 3 atom stereocenters. The molecule has 0 aliphatic rings. The lowest BCUT2D eigenvalue weighted by Gasteiger charge is -2.39. The van der Waals surface area contributed by atoms with Gasteiger partial charge in [-0.25, -0.2) is 0 Å². The smallest absolute Gasteiger partial charge is 0.221 e. The quantitative estimate of drug-likeness (QED) is 0.830. The molecule has 0 aliphatic heterocycles. The molecule has 0 bridgehead atoms. The van der Waals surface area contributed by atoms with Crippen molar-refractivity contribution >= 4 is 11.7 Å². The number of hydrogen-bond acceptors (Lipinski definition) is 2. The van der Waals surface area contributed by atoms with Gasteiger partial charge in [-0.05, 0) is 35.7 Å². The highest BCUT2D eigenvalue weighted by atomic mass is 16.1. The van der Waals surface area contributed by atoms with Gasteiger partial charge in [0.25, 0.3) is 0 Å². The zero-order valence-electron chi connectivity index (χ0n) is 16.2. The van der Waals surface area contributed by atoms with Gasteiger partial charge in [0.15, 0.2) is 0 Å². The van der Waals surface area contributed by atoms with E-state index in [-0.39, 0.29) is 34.4 Å². The van der Waals surface area contributed by atoms with Crippen molar-refractivity contribution in [2.75, 3.05) is 0 Å². The van der Waals surface area contributed by atoms with E-state index in [0.29, 0.717) is 6.42 Å². The average Bonchev–Trinajstić information content (AvgIpc) is 2.40. The summed E-state index contributed by atoms with van der Waals surface area (Å²) in [7, 11) is 0. The molecule has 0 heterocycles. The lowest BCUT2D eigenvalue weighted by atomic mass is 9.64. The zero-order chi connectivity index (χ0) is 18.7. The highest BCUT2D eigenvalue weighted by molar-refractivity contribution is 5.87. The van der Waals surface area contributed by atoms with Crippen molar-refractivity contribution in [3.05, 3.63) is 35.9 Å². The third kappa shape index (κ3) is 5.19. The summed E-state index contributed by atoms with van der Waals surface area (Å²) in [6.45, 7) is 14.1. The van der Waals surface area contributed by atoms with Gasteiger partial charge in [0, 0.05) is 11.8 Å². The third-order valence-corrected chi connectivity index (χ3v) is 4.88. The Kier molecular flexibility index (Phi) is 6.38. The second-order valence-electron chi connectivity index (χ2n) is 9.03. The van der Waals surface area contributed by atoms with Crippen LogP contribution < -0.4 is 5.73 Å². The van der Waals surface area contributed by atoms with E-state index in [0.717, 1.165) is 0 Å². The molecule has 0 fully saturated rings. The first-order valence-electron chi connectivity index (χ1n) is 8.70. The number of carbonyl (C=O) groups is 2. The number of carbonyl (C=O) groups excluding carboxylic acids is 2. The highest BCUT2D eigenvalue weighted by Crippen LogP contribution is 2.44. The molecular weight excluding hydrogens is 298 g/mol. The van der Waals surface area contributed by atoms with Crippen LogP contribution in [0.5, 0.6) is 0 Å². The number of primary amides is 1. The van der Waals surface area contributed by atoms with E-state index in [4.69, 9.17) is 5.73 Å². The monoisotopic (exact) mass is 331 g/mol. The van der Waals surface area contributed by atoms with Crippen LogP contribution >= 0.6 is 0 Å². The van der Waals surface area contributed by atoms with Crippen molar-refractivity contribution in [2.45, 2.75) is 60.8 Å². The summed E-state index contributed by atoms with van der Waals surface area (Å²) in [5, 5.41) is 0. The van der Waals surface area contributed by atoms with Gasteiger partial charge in [-0.15, -0.1) is 0 Å². The zero-order valence-corrected chi connectivity index (χ0v) is 16.2. The van der Waals surface area contributed by atoms with Gasteiger partial charge < -0.3 is 5.73 Å². The minimum absolute atomic E-state index is 0.0335. The molecule has 134 valence electrons. The molecule has 1 aromatic rings. The molecule has 24 heavy (non-hydrogen) atoms. The van der Waals surface area contributed by atoms with Crippen LogP contribution in [0.3, 0.4) is 0 Å². The molecule has 1 aromatic carbocycles. The van der Waals surface area contributed by atoms with Gasteiger partial charge in [-0.1, -0.05) is 71.9 Å². The Hall–Kier alpha value is -1.64. The number of hydrogen-bond donors (Lipinski definition) is 1. The van der Waals surface area contributed by atoms with Gasteiger partial charge >= 0.3 is 0 Å². The summed E-state index contributed by atoms with van der Waals surface area (Å²) in [6, 6.07) is 10.2. The summed E-state index contributed by atoms with van der Waals surface area (Å²) in [6.07, 6.45) is 0.588. The third-order valence-electron chi connectivity index (χ3n) is 4.88. The van der Waals surface area contributed by atoms with E-state index in [1.807, 2.05) is 39.0 Å². The number of rotatable bonds is 6. The van der Waals surface area contributed by atoms with Crippen molar-refractivity contribution in [1.29, 1.82) is 0 Å². The Balaban J connectivity index is 3.29. The Morgan fingerprint density at radius 2 is 1.46 bits per heavy atom. The molecule has 1 amide bonds. The van der Waals surface area contributed by atoms with Gasteiger partial charge in [0.2, 0.25) is 5.91 Å². The number of amides is 1. The number of nitrogens with two attached hydrogens (primary N) is 1. The molecule has 1 rings (SSSR count). The Morgan fingerprint density at radius 1 is 0.958 bits per heavy atom. The van der Waals surface area contributed by atoms with Crippen molar-refractivity contribution in [1.82, 2.24) is 0 Å². The minimum Gasteiger partial charge on any atom is -0.369 e. The molecule has 3 unspecified atom stereocenters. The molecule has 0 spiro atoms. The molecule has 0 aliphatic carbocycles. The SMILES string of the molecule is CC(=O)C(C(CC(c1ccccc1)C(C)(C)C)C(N)=O)C(C)(C)C. The predicted molar refractivity (Wildman–Crippen MR) is 99.6 cm³/mol. The molecule has 2 N–H and O–H groups in total. The second-order valence-corrected chi connectivity index (χ2v) is 9.03. The van der Waals surface area contributed by atoms with Crippen LogP contribution in [0.15, 0.2) is 30.3 Å². The maximum absolute atomic E-state index is 12.3. The molecular formula is C21H33NO2. The van der Waals surface area contributed by atoms with Crippen LogP contribution in [0.1, 0.15) is 66.4 Å². The molecule has 0 aromatic heterocycles. The number of Topliss-reactive ketones (excluding diaryl/α,β-unsaturated/α-hetero) is 1.